The number of amides is 1. The highest BCUT2D eigenvalue weighted by Gasteiger charge is 2.44. The number of benzene rings is 2. The number of rotatable bonds is 8. The van der Waals surface area contributed by atoms with Crippen LogP contribution in [0.2, 0.25) is 0 Å². The molecule has 3 heterocycles. The number of hydrogen-bond donors (Lipinski definition) is 0. The van der Waals surface area contributed by atoms with Crippen LogP contribution in [0, 0.1) is 26.7 Å². The molecule has 4 aromatic rings. The van der Waals surface area contributed by atoms with Crippen molar-refractivity contribution in [3.05, 3.63) is 92.5 Å². The lowest BCUT2D eigenvalue weighted by molar-refractivity contribution is 0.0970. The van der Waals surface area contributed by atoms with Crippen molar-refractivity contribution in [1.29, 1.82) is 0 Å². The van der Waals surface area contributed by atoms with Gasteiger partial charge in [-0.3, -0.25) is 14.5 Å². The van der Waals surface area contributed by atoms with Crippen molar-refractivity contribution in [2.24, 2.45) is 5.92 Å². The Labute approximate surface area is 228 Å². The Bertz CT molecular complexity index is 1620. The van der Waals surface area contributed by atoms with Crippen LogP contribution in [0.15, 0.2) is 57.9 Å². The Morgan fingerprint density at radius 3 is 2.46 bits per heavy atom. The van der Waals surface area contributed by atoms with Crippen LogP contribution in [0.4, 0.5) is 5.82 Å². The number of carbonyl (C=O) groups is 1. The van der Waals surface area contributed by atoms with Gasteiger partial charge in [0.25, 0.3) is 5.91 Å². The number of aryl methyl sites for hydroxylation is 3. The maximum absolute atomic E-state index is 14.0. The molecule has 202 valence electrons. The molecule has 0 saturated heterocycles. The summed E-state index contributed by atoms with van der Waals surface area (Å²) in [5, 5.41) is 0.451. The van der Waals surface area contributed by atoms with E-state index in [0.29, 0.717) is 58.5 Å². The van der Waals surface area contributed by atoms with Crippen molar-refractivity contribution < 1.29 is 18.7 Å². The smallest absolute Gasteiger partial charge is 0.296 e. The van der Waals surface area contributed by atoms with Gasteiger partial charge < -0.3 is 13.9 Å². The summed E-state index contributed by atoms with van der Waals surface area (Å²) in [6, 6.07) is 12.2. The van der Waals surface area contributed by atoms with E-state index in [9.17, 15) is 9.59 Å². The molecule has 1 amide bonds. The van der Waals surface area contributed by atoms with Crippen molar-refractivity contribution in [2.75, 3.05) is 18.1 Å². The van der Waals surface area contributed by atoms with Crippen LogP contribution in [-0.4, -0.2) is 24.1 Å². The van der Waals surface area contributed by atoms with E-state index >= 15 is 0 Å². The first-order valence-corrected chi connectivity index (χ1v) is 13.4. The van der Waals surface area contributed by atoms with Crippen molar-refractivity contribution in [3.8, 4) is 11.5 Å². The van der Waals surface area contributed by atoms with Gasteiger partial charge in [-0.15, -0.1) is 0 Å². The highest BCUT2D eigenvalue weighted by Crippen LogP contribution is 2.43. The molecule has 1 aliphatic heterocycles. The fourth-order valence-corrected chi connectivity index (χ4v) is 4.92. The van der Waals surface area contributed by atoms with Gasteiger partial charge in [0.1, 0.15) is 11.4 Å². The first-order valence-electron chi connectivity index (χ1n) is 13.4. The molecule has 1 unspecified atom stereocenters. The van der Waals surface area contributed by atoms with Gasteiger partial charge in [-0.2, -0.15) is 0 Å². The predicted molar refractivity (Wildman–Crippen MR) is 152 cm³/mol. The molecule has 0 radical (unpaired) electrons. The summed E-state index contributed by atoms with van der Waals surface area (Å²) in [5.41, 5.74) is 4.10. The monoisotopic (exact) mass is 526 g/mol. The number of ether oxygens (including phenoxy) is 2. The second-order valence-corrected chi connectivity index (χ2v) is 10.5. The minimum Gasteiger partial charge on any atom is -0.490 e. The number of fused-ring (bicyclic) bond motifs is 2. The van der Waals surface area contributed by atoms with E-state index in [1.54, 1.807) is 11.1 Å². The van der Waals surface area contributed by atoms with E-state index in [1.807, 2.05) is 70.2 Å². The fourth-order valence-electron chi connectivity index (χ4n) is 4.92. The second-order valence-electron chi connectivity index (χ2n) is 10.5. The lowest BCUT2D eigenvalue weighted by Crippen LogP contribution is -2.30. The molecule has 0 aliphatic carbocycles. The van der Waals surface area contributed by atoms with Crippen molar-refractivity contribution in [3.63, 3.8) is 0 Å². The summed E-state index contributed by atoms with van der Waals surface area (Å²) < 4.78 is 18.2. The van der Waals surface area contributed by atoms with Gasteiger partial charge in [0.05, 0.1) is 30.2 Å². The predicted octanol–water partition coefficient (Wildman–Crippen LogP) is 6.69. The topological polar surface area (TPSA) is 81.9 Å². The highest BCUT2D eigenvalue weighted by molar-refractivity contribution is 6.10. The van der Waals surface area contributed by atoms with E-state index in [-0.39, 0.29) is 11.2 Å². The summed E-state index contributed by atoms with van der Waals surface area (Å²) in [5.74, 6) is 1.79. The number of hydrogen-bond acceptors (Lipinski definition) is 6. The van der Waals surface area contributed by atoms with Crippen LogP contribution in [0.25, 0.3) is 11.0 Å². The van der Waals surface area contributed by atoms with E-state index in [0.717, 1.165) is 23.1 Å². The maximum atomic E-state index is 14.0. The molecule has 5 rings (SSSR count). The Balaban J connectivity index is 1.71. The van der Waals surface area contributed by atoms with Gasteiger partial charge in [-0.25, -0.2) is 4.98 Å². The molecule has 0 N–H and O–H groups in total. The largest absolute Gasteiger partial charge is 0.490 e. The average Bonchev–Trinajstić information content (AvgIpc) is 3.18. The number of aromatic nitrogens is 1. The summed E-state index contributed by atoms with van der Waals surface area (Å²) in [6.07, 6.45) is 2.57. The average molecular weight is 527 g/mol. The molecule has 1 aliphatic rings. The van der Waals surface area contributed by atoms with Gasteiger partial charge in [0.2, 0.25) is 5.76 Å². The van der Waals surface area contributed by atoms with E-state index in [4.69, 9.17) is 13.9 Å². The molecule has 0 saturated carbocycles. The highest BCUT2D eigenvalue weighted by atomic mass is 16.5. The second kappa shape index (κ2) is 10.6. The van der Waals surface area contributed by atoms with Crippen molar-refractivity contribution in [2.45, 2.75) is 54.0 Å². The molecule has 0 fully saturated rings. The standard InChI is InChI=1S/C32H34N2O5/c1-7-37-26-17-22(8-9-24(26)38-13-11-18(2)3)29-28-30(35)23-15-20(5)21(6)16-25(23)39-31(28)32(36)34(29)27-14-19(4)10-12-33-27/h8-10,12,14-18,29H,7,11,13H2,1-6H3. The molecule has 7 heteroatoms. The summed E-state index contributed by atoms with van der Waals surface area (Å²) in [7, 11) is 0. The third-order valence-electron chi connectivity index (χ3n) is 7.17. The van der Waals surface area contributed by atoms with Crippen LogP contribution >= 0.6 is 0 Å². The van der Waals surface area contributed by atoms with Gasteiger partial charge in [0, 0.05) is 6.20 Å². The van der Waals surface area contributed by atoms with Crippen molar-refractivity contribution >= 4 is 22.7 Å². The molecular formula is C32H34N2O5. The zero-order valence-corrected chi connectivity index (χ0v) is 23.3. The molecule has 0 bridgehead atoms. The van der Waals surface area contributed by atoms with Crippen LogP contribution < -0.4 is 19.8 Å². The van der Waals surface area contributed by atoms with Crippen LogP contribution in [-0.2, 0) is 0 Å². The minimum atomic E-state index is -0.743. The van der Waals surface area contributed by atoms with Gasteiger partial charge in [-0.1, -0.05) is 19.9 Å². The number of pyridine rings is 1. The summed E-state index contributed by atoms with van der Waals surface area (Å²) in [4.78, 5) is 34.0. The maximum Gasteiger partial charge on any atom is 0.296 e. The van der Waals surface area contributed by atoms with E-state index < -0.39 is 11.9 Å². The van der Waals surface area contributed by atoms with Gasteiger partial charge in [-0.05, 0) is 98.7 Å². The third kappa shape index (κ3) is 4.89. The molecule has 39 heavy (non-hydrogen) atoms. The van der Waals surface area contributed by atoms with E-state index in [2.05, 4.69) is 18.8 Å². The van der Waals surface area contributed by atoms with Crippen LogP contribution in [0.1, 0.15) is 71.6 Å². The molecule has 0 spiro atoms. The Morgan fingerprint density at radius 2 is 1.74 bits per heavy atom. The number of nitrogens with zero attached hydrogens (tertiary/aromatic N) is 2. The molecule has 2 aromatic heterocycles. The zero-order chi connectivity index (χ0) is 27.8. The van der Waals surface area contributed by atoms with E-state index in [1.165, 1.54) is 0 Å². The summed E-state index contributed by atoms with van der Waals surface area (Å²) >= 11 is 0. The van der Waals surface area contributed by atoms with Crippen LogP contribution in [0.5, 0.6) is 11.5 Å². The molecule has 2 aromatic carbocycles. The quantitative estimate of drug-likeness (QED) is 0.255. The molecule has 1 atom stereocenters. The Morgan fingerprint density at radius 1 is 0.974 bits per heavy atom. The summed E-state index contributed by atoms with van der Waals surface area (Å²) in [6.45, 7) is 13.1. The Kier molecular flexibility index (Phi) is 7.17. The van der Waals surface area contributed by atoms with Crippen molar-refractivity contribution in [1.82, 2.24) is 4.98 Å². The number of anilines is 1. The SMILES string of the molecule is CCOc1cc(C2c3c(oc4cc(C)c(C)cc4c3=O)C(=O)N2c2cc(C)ccn2)ccc1OCCC(C)C. The van der Waals surface area contributed by atoms with Gasteiger partial charge >= 0.3 is 0 Å². The normalized spacial score (nSPS) is 14.8. The zero-order valence-electron chi connectivity index (χ0n) is 23.3. The first kappa shape index (κ1) is 26.5. The minimum absolute atomic E-state index is 0.0410. The molecule has 7 nitrogen and oxygen atoms in total. The lowest BCUT2D eigenvalue weighted by atomic mass is 9.97. The third-order valence-corrected chi connectivity index (χ3v) is 7.17. The molecular weight excluding hydrogens is 492 g/mol. The van der Waals surface area contributed by atoms with Crippen LogP contribution in [0.3, 0.4) is 0 Å². The number of carbonyl (C=O) groups excluding carboxylic acids is 1. The fraction of sp³-hybridized carbons (Fsp3) is 0.344. The lowest BCUT2D eigenvalue weighted by Gasteiger charge is -2.25. The van der Waals surface area contributed by atoms with Gasteiger partial charge in [0.15, 0.2) is 16.9 Å². The first-order chi connectivity index (χ1) is 18.7. The Hall–Kier alpha value is -4.13.